The van der Waals surface area contributed by atoms with Crippen LogP contribution in [0, 0.1) is 0 Å². The van der Waals surface area contributed by atoms with Crippen LogP contribution in [0.3, 0.4) is 0 Å². The minimum Gasteiger partial charge on any atom is -0.477 e. The van der Waals surface area contributed by atoms with Gasteiger partial charge in [-0.2, -0.15) is 0 Å². The third-order valence-electron chi connectivity index (χ3n) is 7.45. The summed E-state index contributed by atoms with van der Waals surface area (Å²) in [4.78, 5) is 36.6. The highest BCUT2D eigenvalue weighted by Gasteiger charge is 2.31. The molecule has 2 atom stereocenters. The van der Waals surface area contributed by atoms with E-state index in [9.17, 15) is 19.5 Å². The number of allylic oxidation sites excluding steroid dienone is 11. The molecule has 48 heavy (non-hydrogen) atoms. The molecule has 0 amide bonds. The molecule has 0 rings (SSSR count). The number of aliphatic carboxylic acids is 1. The van der Waals surface area contributed by atoms with Crippen LogP contribution in [0.2, 0.25) is 0 Å². The quantitative estimate of drug-likeness (QED) is 0.0268. The SMILES string of the molecule is CC/C=C/C=C/C=C/CCCCCCCCCC(=O)OC(COCCC(C(=O)O)[N+](C)(C)C)COC(=O)C/C=C/C/C=C/C/C=C/CC. The molecule has 0 aromatic carbocycles. The van der Waals surface area contributed by atoms with Crippen molar-refractivity contribution in [2.24, 2.45) is 0 Å². The number of carbonyl (C=O) groups is 3. The molecule has 0 aromatic heterocycles. The highest BCUT2D eigenvalue weighted by atomic mass is 16.6. The molecule has 0 bridgehead atoms. The Balaban J connectivity index is 4.54. The summed E-state index contributed by atoms with van der Waals surface area (Å²) in [5.74, 6) is -1.65. The van der Waals surface area contributed by atoms with Gasteiger partial charge >= 0.3 is 17.9 Å². The Morgan fingerprint density at radius 3 is 1.88 bits per heavy atom. The van der Waals surface area contributed by atoms with Gasteiger partial charge in [-0.25, -0.2) is 4.79 Å². The lowest BCUT2D eigenvalue weighted by Gasteiger charge is -2.31. The van der Waals surface area contributed by atoms with Crippen molar-refractivity contribution in [2.75, 3.05) is 41.0 Å². The van der Waals surface area contributed by atoms with Gasteiger partial charge in [-0.1, -0.05) is 119 Å². The van der Waals surface area contributed by atoms with Crippen LogP contribution >= 0.6 is 0 Å². The van der Waals surface area contributed by atoms with Crippen molar-refractivity contribution in [3.8, 4) is 0 Å². The van der Waals surface area contributed by atoms with Crippen molar-refractivity contribution in [3.05, 3.63) is 72.9 Å². The summed E-state index contributed by atoms with van der Waals surface area (Å²) in [6.45, 7) is 4.32. The zero-order chi connectivity index (χ0) is 35.7. The summed E-state index contributed by atoms with van der Waals surface area (Å²) in [6.07, 6.45) is 37.0. The van der Waals surface area contributed by atoms with E-state index in [1.807, 2.05) is 27.2 Å². The number of carboxylic acid groups (broad SMARTS) is 1. The maximum atomic E-state index is 12.6. The van der Waals surface area contributed by atoms with E-state index >= 15 is 0 Å². The van der Waals surface area contributed by atoms with E-state index in [2.05, 4.69) is 74.6 Å². The Bertz CT molecular complexity index is 1020. The van der Waals surface area contributed by atoms with Crippen molar-refractivity contribution in [3.63, 3.8) is 0 Å². The molecule has 0 saturated carbocycles. The van der Waals surface area contributed by atoms with Gasteiger partial charge in [0.25, 0.3) is 0 Å². The van der Waals surface area contributed by atoms with Crippen LogP contribution in [0.1, 0.15) is 110 Å². The number of hydrogen-bond donors (Lipinski definition) is 1. The van der Waals surface area contributed by atoms with E-state index in [0.29, 0.717) is 12.8 Å². The van der Waals surface area contributed by atoms with Crippen LogP contribution in [-0.2, 0) is 28.6 Å². The summed E-state index contributed by atoms with van der Waals surface area (Å²) in [6, 6.07) is -0.629. The van der Waals surface area contributed by atoms with E-state index in [4.69, 9.17) is 14.2 Å². The Kier molecular flexibility index (Phi) is 29.0. The van der Waals surface area contributed by atoms with E-state index in [1.165, 1.54) is 19.3 Å². The maximum Gasteiger partial charge on any atom is 0.362 e. The number of hydrogen-bond acceptors (Lipinski definition) is 6. The highest BCUT2D eigenvalue weighted by Crippen LogP contribution is 2.12. The van der Waals surface area contributed by atoms with Gasteiger partial charge in [0.1, 0.15) is 6.61 Å². The van der Waals surface area contributed by atoms with E-state index in [-0.39, 0.29) is 36.7 Å². The summed E-state index contributed by atoms with van der Waals surface area (Å²) in [7, 11) is 5.47. The first-order chi connectivity index (χ1) is 23.1. The molecular weight excluding hydrogens is 606 g/mol. The van der Waals surface area contributed by atoms with Gasteiger partial charge in [0, 0.05) is 12.8 Å². The van der Waals surface area contributed by atoms with Crippen molar-refractivity contribution in [2.45, 2.75) is 122 Å². The first-order valence-corrected chi connectivity index (χ1v) is 18.0. The minimum atomic E-state index is -0.892. The Morgan fingerprint density at radius 1 is 0.667 bits per heavy atom. The van der Waals surface area contributed by atoms with Gasteiger partial charge in [0.15, 0.2) is 12.1 Å². The van der Waals surface area contributed by atoms with Crippen LogP contribution < -0.4 is 0 Å². The Morgan fingerprint density at radius 2 is 1.25 bits per heavy atom. The lowest BCUT2D eigenvalue weighted by molar-refractivity contribution is -0.887. The van der Waals surface area contributed by atoms with Crippen LogP contribution in [0.4, 0.5) is 0 Å². The zero-order valence-electron chi connectivity index (χ0n) is 30.7. The van der Waals surface area contributed by atoms with Crippen LogP contribution in [0.5, 0.6) is 0 Å². The zero-order valence-corrected chi connectivity index (χ0v) is 30.7. The number of carbonyl (C=O) groups excluding carboxylic acids is 2. The predicted molar refractivity (Wildman–Crippen MR) is 197 cm³/mol. The number of esters is 2. The monoisotopic (exact) mass is 672 g/mol. The van der Waals surface area contributed by atoms with Gasteiger partial charge < -0.3 is 23.8 Å². The highest BCUT2D eigenvalue weighted by molar-refractivity contribution is 5.72. The summed E-state index contributed by atoms with van der Waals surface area (Å²) in [5.41, 5.74) is 0. The molecule has 0 aliphatic heterocycles. The third kappa shape index (κ3) is 29.0. The molecule has 8 nitrogen and oxygen atoms in total. The largest absolute Gasteiger partial charge is 0.477 e. The fourth-order valence-electron chi connectivity index (χ4n) is 4.68. The fourth-order valence-corrected chi connectivity index (χ4v) is 4.68. The van der Waals surface area contributed by atoms with Crippen molar-refractivity contribution in [1.82, 2.24) is 0 Å². The summed E-state index contributed by atoms with van der Waals surface area (Å²) in [5, 5.41) is 9.56. The van der Waals surface area contributed by atoms with Crippen LogP contribution in [-0.4, -0.2) is 80.6 Å². The van der Waals surface area contributed by atoms with Gasteiger partial charge in [-0.15, -0.1) is 0 Å². The number of unbranched alkanes of at least 4 members (excludes halogenated alkanes) is 7. The fraction of sp³-hybridized carbons (Fsp3) is 0.625. The van der Waals surface area contributed by atoms with Gasteiger partial charge in [-0.05, 0) is 44.9 Å². The molecule has 2 unspecified atom stereocenters. The number of ether oxygens (including phenoxy) is 3. The normalized spacial score (nSPS) is 13.9. The molecule has 0 spiro atoms. The second-order valence-electron chi connectivity index (χ2n) is 12.8. The second kappa shape index (κ2) is 31.1. The molecular formula is C40H66NO7+. The molecule has 0 fully saturated rings. The van der Waals surface area contributed by atoms with Gasteiger partial charge in [0.2, 0.25) is 0 Å². The van der Waals surface area contributed by atoms with Crippen molar-refractivity contribution in [1.29, 1.82) is 0 Å². The van der Waals surface area contributed by atoms with Gasteiger partial charge in [-0.3, -0.25) is 9.59 Å². The maximum absolute atomic E-state index is 12.6. The lowest BCUT2D eigenvalue weighted by atomic mass is 10.1. The average molecular weight is 673 g/mol. The predicted octanol–water partition coefficient (Wildman–Crippen LogP) is 8.85. The standard InChI is InChI=1S/C40H65NO7/c1-6-8-10-12-14-16-17-18-19-20-21-23-25-27-29-31-39(43)48-36(34-46-33-32-37(40(44)45)41(3,4)5)35-47-38(42)30-28-26-24-22-15-13-11-9-7-2/h8-12,14-17,22,26,28,36-37H,6-7,13,18-21,23-25,27,29-35H2,1-5H3/p+1/b10-8+,11-9+,14-12+,17-16+,22-15+,28-26+. The van der Waals surface area contributed by atoms with E-state index < -0.39 is 24.1 Å². The first-order valence-electron chi connectivity index (χ1n) is 18.0. The van der Waals surface area contributed by atoms with E-state index in [0.717, 1.165) is 57.8 Å². The van der Waals surface area contributed by atoms with Crippen LogP contribution in [0.15, 0.2) is 72.9 Å². The minimum absolute atomic E-state index is 0.0248. The molecule has 0 aliphatic carbocycles. The molecule has 272 valence electrons. The Labute approximate surface area is 291 Å². The second-order valence-corrected chi connectivity index (χ2v) is 12.8. The molecule has 1 N–H and O–H groups in total. The Hall–Kier alpha value is -3.23. The van der Waals surface area contributed by atoms with Gasteiger partial charge in [0.05, 0.1) is 40.8 Å². The first kappa shape index (κ1) is 44.8. The molecule has 0 aromatic rings. The molecule has 0 heterocycles. The number of quaternary nitrogens is 1. The summed E-state index contributed by atoms with van der Waals surface area (Å²) < 4.78 is 17.0. The number of likely N-dealkylation sites (N-methyl/N-ethyl adjacent to an activating group) is 1. The lowest BCUT2D eigenvalue weighted by Crippen LogP contribution is -2.50. The van der Waals surface area contributed by atoms with Crippen molar-refractivity contribution >= 4 is 17.9 Å². The molecule has 0 radical (unpaired) electrons. The number of rotatable bonds is 30. The molecule has 0 aliphatic rings. The smallest absolute Gasteiger partial charge is 0.362 e. The number of nitrogens with zero attached hydrogens (tertiary/aromatic N) is 1. The average Bonchev–Trinajstić information content (AvgIpc) is 3.03. The number of carboxylic acids is 1. The topological polar surface area (TPSA) is 99.1 Å². The summed E-state index contributed by atoms with van der Waals surface area (Å²) >= 11 is 0. The van der Waals surface area contributed by atoms with E-state index in [1.54, 1.807) is 6.08 Å². The van der Waals surface area contributed by atoms with Crippen LogP contribution in [0.25, 0.3) is 0 Å². The van der Waals surface area contributed by atoms with Crippen molar-refractivity contribution < 1.29 is 38.2 Å². The molecule has 0 saturated heterocycles. The molecule has 8 heteroatoms. The third-order valence-corrected chi connectivity index (χ3v) is 7.45.